The maximum Gasteiger partial charge on any atom is 0.330 e. The van der Waals surface area contributed by atoms with Crippen LogP contribution in [0, 0.1) is 0 Å². The van der Waals surface area contributed by atoms with Gasteiger partial charge in [-0.05, 0) is 17.7 Å². The zero-order valence-corrected chi connectivity index (χ0v) is 13.6. The van der Waals surface area contributed by atoms with E-state index >= 15 is 0 Å². The molecular formula is C18H18N4O2. The smallest absolute Gasteiger partial charge is 0.310 e. The molecular weight excluding hydrogens is 304 g/mol. The Morgan fingerprint density at radius 3 is 2.71 bits per heavy atom. The van der Waals surface area contributed by atoms with Gasteiger partial charge in [-0.3, -0.25) is 13.9 Å². The van der Waals surface area contributed by atoms with E-state index < -0.39 is 0 Å². The normalized spacial score (nSPS) is 10.8. The van der Waals surface area contributed by atoms with E-state index in [4.69, 9.17) is 0 Å². The van der Waals surface area contributed by atoms with Crippen LogP contribution in [0.1, 0.15) is 5.56 Å². The number of likely N-dealkylation sites (N-methyl/N-ethyl adjacent to an activating group) is 1. The van der Waals surface area contributed by atoms with Crippen molar-refractivity contribution in [2.45, 2.75) is 6.54 Å². The summed E-state index contributed by atoms with van der Waals surface area (Å²) in [6, 6.07) is 11.5. The van der Waals surface area contributed by atoms with Gasteiger partial charge in [-0.1, -0.05) is 36.9 Å². The average Bonchev–Trinajstić information content (AvgIpc) is 2.85. The third-order valence-electron chi connectivity index (χ3n) is 4.04. The number of carbonyl (C=O) groups excluding carboxylic acids is 1. The van der Waals surface area contributed by atoms with Crippen molar-refractivity contribution in [1.29, 1.82) is 0 Å². The van der Waals surface area contributed by atoms with Gasteiger partial charge in [-0.25, -0.2) is 9.78 Å². The van der Waals surface area contributed by atoms with Gasteiger partial charge in [-0.2, -0.15) is 0 Å². The number of carbonyl (C=O) groups is 1. The van der Waals surface area contributed by atoms with E-state index in [0.717, 1.165) is 5.56 Å². The molecule has 1 amide bonds. The molecule has 0 aliphatic carbocycles. The van der Waals surface area contributed by atoms with Gasteiger partial charge in [0.25, 0.3) is 0 Å². The Kier molecular flexibility index (Phi) is 4.04. The van der Waals surface area contributed by atoms with Crippen molar-refractivity contribution in [2.24, 2.45) is 7.05 Å². The summed E-state index contributed by atoms with van der Waals surface area (Å²) in [5.74, 6) is -0.232. The van der Waals surface area contributed by atoms with Crippen LogP contribution in [-0.4, -0.2) is 27.1 Å². The summed E-state index contributed by atoms with van der Waals surface area (Å²) in [6.45, 7) is 3.94. The number of benzene rings is 1. The summed E-state index contributed by atoms with van der Waals surface area (Å²) in [6.07, 6.45) is 2.82. The number of nitrogens with zero attached hydrogens (tertiary/aromatic N) is 4. The third kappa shape index (κ3) is 2.62. The molecule has 122 valence electrons. The molecule has 6 heteroatoms. The Labute approximate surface area is 139 Å². The topological polar surface area (TPSA) is 60.1 Å². The highest BCUT2D eigenvalue weighted by Crippen LogP contribution is 2.19. The number of hydrogen-bond donors (Lipinski definition) is 0. The Morgan fingerprint density at radius 2 is 2.04 bits per heavy atom. The van der Waals surface area contributed by atoms with Gasteiger partial charge >= 0.3 is 5.69 Å². The van der Waals surface area contributed by atoms with Crippen LogP contribution in [0.5, 0.6) is 0 Å². The zero-order valence-electron chi connectivity index (χ0n) is 13.6. The van der Waals surface area contributed by atoms with E-state index in [1.165, 1.54) is 15.5 Å². The Balaban J connectivity index is 2.14. The van der Waals surface area contributed by atoms with E-state index in [2.05, 4.69) is 11.6 Å². The molecule has 24 heavy (non-hydrogen) atoms. The fourth-order valence-corrected chi connectivity index (χ4v) is 2.63. The molecule has 0 aliphatic rings. The first kappa shape index (κ1) is 15.7. The number of hydrogen-bond acceptors (Lipinski definition) is 3. The van der Waals surface area contributed by atoms with Crippen molar-refractivity contribution in [3.63, 3.8) is 0 Å². The number of rotatable bonds is 4. The lowest BCUT2D eigenvalue weighted by molar-refractivity contribution is -0.113. The summed E-state index contributed by atoms with van der Waals surface area (Å²) in [4.78, 5) is 30.2. The summed E-state index contributed by atoms with van der Waals surface area (Å²) >= 11 is 0. The summed E-state index contributed by atoms with van der Waals surface area (Å²) in [5.41, 5.74) is 2.76. The van der Waals surface area contributed by atoms with E-state index in [1.54, 1.807) is 30.9 Å². The minimum absolute atomic E-state index is 0.142. The van der Waals surface area contributed by atoms with Crippen molar-refractivity contribution < 1.29 is 4.79 Å². The van der Waals surface area contributed by atoms with Gasteiger partial charge in [0, 0.05) is 14.1 Å². The maximum absolute atomic E-state index is 12.6. The number of amides is 1. The SMILES string of the molecule is C=CC(=O)N(C)c1cnc2c(c1)n(Cc1ccccc1)c(=O)n2C. The van der Waals surface area contributed by atoms with Crippen LogP contribution in [-0.2, 0) is 18.4 Å². The van der Waals surface area contributed by atoms with E-state index in [-0.39, 0.29) is 11.6 Å². The Morgan fingerprint density at radius 1 is 1.33 bits per heavy atom. The highest BCUT2D eigenvalue weighted by atomic mass is 16.2. The van der Waals surface area contributed by atoms with Crippen LogP contribution < -0.4 is 10.6 Å². The van der Waals surface area contributed by atoms with E-state index in [0.29, 0.717) is 23.4 Å². The molecule has 0 N–H and O–H groups in total. The van der Waals surface area contributed by atoms with Gasteiger partial charge < -0.3 is 4.90 Å². The molecule has 0 aliphatic heterocycles. The molecule has 0 radical (unpaired) electrons. The highest BCUT2D eigenvalue weighted by molar-refractivity contribution is 6.01. The van der Waals surface area contributed by atoms with Crippen molar-refractivity contribution in [1.82, 2.24) is 14.1 Å². The molecule has 0 spiro atoms. The number of aromatic nitrogens is 3. The van der Waals surface area contributed by atoms with Gasteiger partial charge in [0.1, 0.15) is 0 Å². The van der Waals surface area contributed by atoms with Crippen LogP contribution in [0.15, 0.2) is 60.0 Å². The number of aryl methyl sites for hydroxylation is 1. The Hall–Kier alpha value is -3.15. The van der Waals surface area contributed by atoms with Crippen LogP contribution in [0.25, 0.3) is 11.2 Å². The number of pyridine rings is 1. The number of anilines is 1. The molecule has 0 atom stereocenters. The first-order chi connectivity index (χ1) is 11.5. The number of fused-ring (bicyclic) bond motifs is 1. The lowest BCUT2D eigenvalue weighted by Gasteiger charge is -2.15. The van der Waals surface area contributed by atoms with Crippen molar-refractivity contribution in [2.75, 3.05) is 11.9 Å². The second-order valence-electron chi connectivity index (χ2n) is 5.55. The summed E-state index contributed by atoms with van der Waals surface area (Å²) in [5, 5.41) is 0. The molecule has 3 aromatic rings. The Bertz CT molecular complexity index is 970. The van der Waals surface area contributed by atoms with Crippen molar-refractivity contribution in [3.8, 4) is 0 Å². The molecule has 0 saturated heterocycles. The van der Waals surface area contributed by atoms with Gasteiger partial charge in [-0.15, -0.1) is 0 Å². The van der Waals surface area contributed by atoms with Gasteiger partial charge in [0.15, 0.2) is 5.65 Å². The maximum atomic E-state index is 12.6. The second kappa shape index (κ2) is 6.16. The molecule has 6 nitrogen and oxygen atoms in total. The molecule has 1 aromatic carbocycles. The summed E-state index contributed by atoms with van der Waals surface area (Å²) < 4.78 is 3.17. The molecule has 3 rings (SSSR count). The van der Waals surface area contributed by atoms with E-state index in [1.807, 2.05) is 30.3 Å². The van der Waals surface area contributed by atoms with Crippen LogP contribution in [0.4, 0.5) is 5.69 Å². The third-order valence-corrected chi connectivity index (χ3v) is 4.04. The average molecular weight is 322 g/mol. The van der Waals surface area contributed by atoms with Crippen LogP contribution in [0.3, 0.4) is 0 Å². The molecule has 0 bridgehead atoms. The van der Waals surface area contributed by atoms with Crippen molar-refractivity contribution >= 4 is 22.8 Å². The first-order valence-corrected chi connectivity index (χ1v) is 7.52. The standard InChI is InChI=1S/C18H18N4O2/c1-4-16(23)20(2)14-10-15-17(19-11-14)21(3)18(24)22(15)12-13-8-6-5-7-9-13/h4-11H,1,12H2,2-3H3. The molecule has 0 saturated carbocycles. The van der Waals surface area contributed by atoms with Gasteiger partial charge in [0.2, 0.25) is 5.91 Å². The largest absolute Gasteiger partial charge is 0.330 e. The predicted molar refractivity (Wildman–Crippen MR) is 94.1 cm³/mol. The molecule has 2 heterocycles. The fourth-order valence-electron chi connectivity index (χ4n) is 2.63. The first-order valence-electron chi connectivity index (χ1n) is 7.52. The minimum Gasteiger partial charge on any atom is -0.310 e. The molecule has 0 fully saturated rings. The highest BCUT2D eigenvalue weighted by Gasteiger charge is 2.15. The number of imidazole rings is 1. The molecule has 0 unspecified atom stereocenters. The fraction of sp³-hybridized carbons (Fsp3) is 0.167. The minimum atomic E-state index is -0.232. The summed E-state index contributed by atoms with van der Waals surface area (Å²) in [7, 11) is 3.34. The monoisotopic (exact) mass is 322 g/mol. The zero-order chi connectivity index (χ0) is 17.3. The van der Waals surface area contributed by atoms with Crippen LogP contribution in [0.2, 0.25) is 0 Å². The lowest BCUT2D eigenvalue weighted by Crippen LogP contribution is -2.24. The predicted octanol–water partition coefficient (Wildman–Crippen LogP) is 1.93. The molecule has 2 aromatic heterocycles. The van der Waals surface area contributed by atoms with E-state index in [9.17, 15) is 9.59 Å². The van der Waals surface area contributed by atoms with Gasteiger partial charge in [0.05, 0.1) is 23.9 Å². The second-order valence-corrected chi connectivity index (χ2v) is 5.55. The van der Waals surface area contributed by atoms with Crippen molar-refractivity contribution in [3.05, 3.63) is 71.3 Å². The quantitative estimate of drug-likeness (QED) is 0.690. The van der Waals surface area contributed by atoms with Crippen LogP contribution >= 0.6 is 0 Å². The lowest BCUT2D eigenvalue weighted by atomic mass is 10.2.